The molecule has 7 heteroatoms. The highest BCUT2D eigenvalue weighted by atomic mass is 79.9. The number of halogens is 3. The van der Waals surface area contributed by atoms with Crippen molar-refractivity contribution in [1.29, 1.82) is 0 Å². The first-order valence-electron chi connectivity index (χ1n) is 15.2. The third kappa shape index (κ3) is 8.66. The first kappa shape index (κ1) is 33.0. The second-order valence-corrected chi connectivity index (χ2v) is 12.7. The van der Waals surface area contributed by atoms with Crippen molar-refractivity contribution in [2.24, 2.45) is 0 Å². The molecule has 5 rings (SSSR count). The van der Waals surface area contributed by atoms with E-state index in [4.69, 9.17) is 42.1 Å². The smallest absolute Gasteiger partial charge is 0.192 e. The average Bonchev–Trinajstić information content (AvgIpc) is 3.07. The van der Waals surface area contributed by atoms with Crippen molar-refractivity contribution < 1.29 is 18.9 Å². The van der Waals surface area contributed by atoms with Crippen molar-refractivity contribution >= 4 is 39.1 Å². The molecule has 0 saturated carbocycles. The molecule has 1 aliphatic heterocycles. The molecule has 1 saturated heterocycles. The molecule has 4 aromatic carbocycles. The minimum Gasteiger partial charge on any atom is -0.491 e. The fourth-order valence-electron chi connectivity index (χ4n) is 5.55. The first-order valence-corrected chi connectivity index (χ1v) is 17.0. The van der Waals surface area contributed by atoms with Crippen LogP contribution >= 0.6 is 39.1 Å². The summed E-state index contributed by atoms with van der Waals surface area (Å²) in [4.78, 5) is 0. The Labute approximate surface area is 279 Å². The van der Waals surface area contributed by atoms with E-state index in [1.165, 1.54) is 11.1 Å². The molecule has 0 spiro atoms. The SMILES string of the molecule is CCc1ccc(Cc2cc(C3CCCC(COCc4ccccc4)(OCc4ccccc4)O3)c(OCCCl)c(Br)c2Cl)cc1. The monoisotopic (exact) mass is 696 g/mol. The van der Waals surface area contributed by atoms with Crippen LogP contribution in [0.3, 0.4) is 0 Å². The number of benzene rings is 4. The Hall–Kier alpha value is -2.38. The number of alkyl halides is 1. The van der Waals surface area contributed by atoms with Gasteiger partial charge in [-0.15, -0.1) is 11.6 Å². The lowest BCUT2D eigenvalue weighted by Gasteiger charge is -2.41. The Kier molecular flexibility index (Phi) is 12.2. The fourth-order valence-corrected chi connectivity index (χ4v) is 6.43. The van der Waals surface area contributed by atoms with Crippen LogP contribution in [0.2, 0.25) is 5.02 Å². The van der Waals surface area contributed by atoms with Crippen molar-refractivity contribution in [2.75, 3.05) is 19.1 Å². The molecule has 0 amide bonds. The molecule has 4 nitrogen and oxygen atoms in total. The van der Waals surface area contributed by atoms with Gasteiger partial charge in [0.25, 0.3) is 0 Å². The van der Waals surface area contributed by atoms with Gasteiger partial charge >= 0.3 is 0 Å². The summed E-state index contributed by atoms with van der Waals surface area (Å²) in [6, 6.07) is 31.2. The molecule has 0 aliphatic carbocycles. The van der Waals surface area contributed by atoms with Gasteiger partial charge in [-0.1, -0.05) is 103 Å². The minimum absolute atomic E-state index is 0.292. The molecule has 2 unspecified atom stereocenters. The fraction of sp³-hybridized carbons (Fsp3) is 0.351. The van der Waals surface area contributed by atoms with Crippen molar-refractivity contribution in [3.05, 3.63) is 134 Å². The Morgan fingerprint density at radius 3 is 2.20 bits per heavy atom. The van der Waals surface area contributed by atoms with Gasteiger partial charge < -0.3 is 18.9 Å². The van der Waals surface area contributed by atoms with E-state index in [-0.39, 0.29) is 6.10 Å². The third-order valence-electron chi connectivity index (χ3n) is 7.92. The normalized spacial score (nSPS) is 18.3. The van der Waals surface area contributed by atoms with E-state index in [0.29, 0.717) is 60.4 Å². The zero-order valence-corrected chi connectivity index (χ0v) is 28.2. The number of hydrogen-bond acceptors (Lipinski definition) is 4. The van der Waals surface area contributed by atoms with E-state index in [9.17, 15) is 0 Å². The zero-order chi connectivity index (χ0) is 30.8. The van der Waals surface area contributed by atoms with Crippen LogP contribution in [0.15, 0.2) is 95.5 Å². The van der Waals surface area contributed by atoms with E-state index >= 15 is 0 Å². The molecule has 232 valence electrons. The third-order valence-corrected chi connectivity index (χ3v) is 9.49. The lowest BCUT2D eigenvalue weighted by atomic mass is 9.93. The molecular formula is C37H39BrCl2O4. The summed E-state index contributed by atoms with van der Waals surface area (Å²) in [5.74, 6) is 0.0900. The maximum atomic E-state index is 6.95. The molecular weight excluding hydrogens is 659 g/mol. The summed E-state index contributed by atoms with van der Waals surface area (Å²) in [5, 5.41) is 0.631. The first-order chi connectivity index (χ1) is 21.5. The van der Waals surface area contributed by atoms with Gasteiger partial charge in [0, 0.05) is 12.0 Å². The van der Waals surface area contributed by atoms with Crippen LogP contribution in [0, 0.1) is 0 Å². The van der Waals surface area contributed by atoms with Crippen molar-refractivity contribution in [3.63, 3.8) is 0 Å². The van der Waals surface area contributed by atoms with Gasteiger partial charge in [-0.3, -0.25) is 0 Å². The molecule has 2 atom stereocenters. The van der Waals surface area contributed by atoms with E-state index in [1.807, 2.05) is 36.4 Å². The van der Waals surface area contributed by atoms with Crippen LogP contribution in [0.25, 0.3) is 0 Å². The predicted molar refractivity (Wildman–Crippen MR) is 182 cm³/mol. The average molecular weight is 699 g/mol. The lowest BCUT2D eigenvalue weighted by molar-refractivity contribution is -0.307. The van der Waals surface area contributed by atoms with E-state index in [0.717, 1.165) is 41.5 Å². The molecule has 1 fully saturated rings. The minimum atomic E-state index is -0.931. The van der Waals surface area contributed by atoms with Gasteiger partial charge in [-0.2, -0.15) is 0 Å². The Bertz CT molecular complexity index is 1470. The van der Waals surface area contributed by atoms with Crippen LogP contribution in [0.1, 0.15) is 65.7 Å². The maximum Gasteiger partial charge on any atom is 0.192 e. The van der Waals surface area contributed by atoms with Crippen molar-refractivity contribution in [3.8, 4) is 5.75 Å². The highest BCUT2D eigenvalue weighted by Crippen LogP contribution is 2.47. The zero-order valence-electron chi connectivity index (χ0n) is 25.1. The molecule has 1 heterocycles. The second-order valence-electron chi connectivity index (χ2n) is 11.1. The summed E-state index contributed by atoms with van der Waals surface area (Å²) >= 11 is 16.8. The molecule has 44 heavy (non-hydrogen) atoms. The summed E-state index contributed by atoms with van der Waals surface area (Å²) in [6.07, 6.45) is 3.83. The van der Waals surface area contributed by atoms with Gasteiger partial charge in [0.05, 0.1) is 34.7 Å². The van der Waals surface area contributed by atoms with Crippen LogP contribution in [-0.4, -0.2) is 24.9 Å². The van der Waals surface area contributed by atoms with Gasteiger partial charge in [0.15, 0.2) is 5.79 Å². The molecule has 1 aliphatic rings. The summed E-state index contributed by atoms with van der Waals surface area (Å²) in [7, 11) is 0. The largest absolute Gasteiger partial charge is 0.491 e. The van der Waals surface area contributed by atoms with Gasteiger partial charge in [0.2, 0.25) is 0 Å². The second kappa shape index (κ2) is 16.3. The Morgan fingerprint density at radius 2 is 1.55 bits per heavy atom. The van der Waals surface area contributed by atoms with Crippen LogP contribution in [0.5, 0.6) is 5.75 Å². The van der Waals surface area contributed by atoms with Crippen LogP contribution < -0.4 is 4.74 Å². The molecule has 4 aromatic rings. The number of hydrogen-bond donors (Lipinski definition) is 0. The molecule has 0 radical (unpaired) electrons. The van der Waals surface area contributed by atoms with Crippen LogP contribution in [0.4, 0.5) is 0 Å². The van der Waals surface area contributed by atoms with Gasteiger partial charge in [-0.05, 0) is 75.5 Å². The maximum absolute atomic E-state index is 6.95. The highest BCUT2D eigenvalue weighted by Gasteiger charge is 2.41. The molecule has 0 aromatic heterocycles. The summed E-state index contributed by atoms with van der Waals surface area (Å²) < 4.78 is 26.8. The number of aryl methyl sites for hydroxylation is 1. The van der Waals surface area contributed by atoms with Gasteiger partial charge in [-0.25, -0.2) is 0 Å². The number of ether oxygens (including phenoxy) is 4. The summed E-state index contributed by atoms with van der Waals surface area (Å²) in [6.45, 7) is 3.71. The Morgan fingerprint density at radius 1 is 0.886 bits per heavy atom. The molecule has 0 bridgehead atoms. The van der Waals surface area contributed by atoms with E-state index in [2.05, 4.69) is 77.5 Å². The summed E-state index contributed by atoms with van der Waals surface area (Å²) in [5.41, 5.74) is 6.62. The van der Waals surface area contributed by atoms with Crippen molar-refractivity contribution in [1.82, 2.24) is 0 Å². The van der Waals surface area contributed by atoms with Crippen molar-refractivity contribution in [2.45, 2.75) is 64.1 Å². The standard InChI is InChI=1S/C37H39BrCl2O4/c1-2-27-15-17-28(18-16-27)22-31-23-32(36(42-21-20-39)34(38)35(31)40)33-14-9-19-37(44-33,43-25-30-12-7-4-8-13-30)26-41-24-29-10-5-3-6-11-29/h3-8,10-13,15-18,23,33H,2,9,14,19-22,24-26H2,1H3. The highest BCUT2D eigenvalue weighted by molar-refractivity contribution is 9.10. The number of rotatable bonds is 14. The van der Waals surface area contributed by atoms with Gasteiger partial charge in [0.1, 0.15) is 19.0 Å². The lowest BCUT2D eigenvalue weighted by Crippen LogP contribution is -2.44. The Balaban J connectivity index is 1.44. The van der Waals surface area contributed by atoms with Crippen LogP contribution in [-0.2, 0) is 40.3 Å². The molecule has 0 N–H and O–H groups in total. The quantitative estimate of drug-likeness (QED) is 0.123. The predicted octanol–water partition coefficient (Wildman–Crippen LogP) is 10.2. The van der Waals surface area contributed by atoms with E-state index < -0.39 is 5.79 Å². The topological polar surface area (TPSA) is 36.9 Å². The van der Waals surface area contributed by atoms with E-state index in [1.54, 1.807) is 0 Å².